The Bertz CT molecular complexity index is 1460. The van der Waals surface area contributed by atoms with Gasteiger partial charge in [0.05, 0.1) is 17.3 Å². The van der Waals surface area contributed by atoms with Gasteiger partial charge in [-0.15, -0.1) is 0 Å². The first-order chi connectivity index (χ1) is 17.3. The van der Waals surface area contributed by atoms with Crippen LogP contribution in [0.5, 0.6) is 17.2 Å². The van der Waals surface area contributed by atoms with Crippen LogP contribution in [-0.2, 0) is 0 Å². The smallest absolute Gasteiger partial charge is 0.257 e. The van der Waals surface area contributed by atoms with E-state index in [1.807, 2.05) is 61.5 Å². The molecule has 0 aromatic heterocycles. The maximum Gasteiger partial charge on any atom is 0.257 e. The second-order valence-corrected chi connectivity index (χ2v) is 8.53. The van der Waals surface area contributed by atoms with Crippen LogP contribution in [0.2, 0.25) is 0 Å². The predicted molar refractivity (Wildman–Crippen MR) is 140 cm³/mol. The fourth-order valence-corrected chi connectivity index (χ4v) is 3.86. The van der Waals surface area contributed by atoms with E-state index in [1.165, 1.54) is 17.0 Å². The van der Waals surface area contributed by atoms with Crippen molar-refractivity contribution in [2.45, 2.75) is 19.4 Å². The van der Waals surface area contributed by atoms with Gasteiger partial charge in [0.2, 0.25) is 0 Å². The minimum Gasteiger partial charge on any atom is -0.505 e. The maximum absolute atomic E-state index is 12.4. The Morgan fingerprint density at radius 3 is 2.28 bits per heavy atom. The highest BCUT2D eigenvalue weighted by Gasteiger charge is 2.25. The lowest BCUT2D eigenvalue weighted by atomic mass is 10.0. The van der Waals surface area contributed by atoms with Gasteiger partial charge in [-0.2, -0.15) is 0 Å². The van der Waals surface area contributed by atoms with Crippen molar-refractivity contribution in [3.05, 3.63) is 104 Å². The van der Waals surface area contributed by atoms with Gasteiger partial charge in [-0.25, -0.2) is 0 Å². The Morgan fingerprint density at radius 1 is 0.917 bits per heavy atom. The van der Waals surface area contributed by atoms with E-state index in [0.29, 0.717) is 17.9 Å². The first-order valence-electron chi connectivity index (χ1n) is 11.5. The van der Waals surface area contributed by atoms with Crippen molar-refractivity contribution in [2.75, 3.05) is 24.7 Å². The first-order valence-corrected chi connectivity index (χ1v) is 11.5. The zero-order chi connectivity index (χ0) is 25.8. The number of ether oxygens (including phenoxy) is 1. The van der Waals surface area contributed by atoms with Crippen molar-refractivity contribution < 1.29 is 14.6 Å². The van der Waals surface area contributed by atoms with Crippen LogP contribution in [0.15, 0.2) is 82.4 Å². The molecule has 4 aromatic rings. The van der Waals surface area contributed by atoms with Crippen molar-refractivity contribution in [1.82, 2.24) is 4.90 Å². The summed E-state index contributed by atoms with van der Waals surface area (Å²) < 4.78 is 5.93. The van der Waals surface area contributed by atoms with Crippen LogP contribution in [0.1, 0.15) is 35.3 Å². The van der Waals surface area contributed by atoms with E-state index in [1.54, 1.807) is 20.2 Å². The highest BCUT2D eigenvalue weighted by atomic mass is 16.5. The summed E-state index contributed by atoms with van der Waals surface area (Å²) in [5, 5.41) is 16.6. The second-order valence-electron chi connectivity index (χ2n) is 8.53. The summed E-state index contributed by atoms with van der Waals surface area (Å²) in [4.78, 5) is 38.5. The van der Waals surface area contributed by atoms with Crippen LogP contribution in [0.25, 0.3) is 0 Å². The van der Waals surface area contributed by atoms with E-state index in [4.69, 9.17) is 4.74 Å². The summed E-state index contributed by atoms with van der Waals surface area (Å²) in [6.45, 7) is 1.96. The fraction of sp³-hybridized carbons (Fsp3) is 0.179. The molecule has 0 aliphatic carbocycles. The lowest BCUT2D eigenvalue weighted by Gasteiger charge is -2.23. The van der Waals surface area contributed by atoms with Gasteiger partial charge in [-0.1, -0.05) is 43.3 Å². The van der Waals surface area contributed by atoms with Crippen LogP contribution in [0, 0.1) is 0 Å². The molecule has 0 spiro atoms. The molecule has 4 aromatic carbocycles. The van der Waals surface area contributed by atoms with Crippen molar-refractivity contribution >= 4 is 23.0 Å². The Morgan fingerprint density at radius 2 is 1.58 bits per heavy atom. The van der Waals surface area contributed by atoms with E-state index in [-0.39, 0.29) is 40.3 Å². The number of carbonyl (C=O) groups is 1. The molecule has 184 valence electrons. The SMILES string of the molecule is CCC(Nc1c(Nc2cccc(C(=O)N(C)C)c2O)c(=O)c1=O)c1cccc(Oc2ccccc2)c1. The first kappa shape index (κ1) is 24.5. The molecular formula is C28H27N3O5. The number of nitrogens with one attached hydrogen (secondary N) is 2. The van der Waals surface area contributed by atoms with Crippen LogP contribution in [-0.4, -0.2) is 30.0 Å². The van der Waals surface area contributed by atoms with Gasteiger partial charge in [0.1, 0.15) is 22.9 Å². The van der Waals surface area contributed by atoms with E-state index in [0.717, 1.165) is 5.56 Å². The molecular weight excluding hydrogens is 458 g/mol. The topological polar surface area (TPSA) is 108 Å². The minimum atomic E-state index is -0.697. The number of amides is 1. The largest absolute Gasteiger partial charge is 0.505 e. The number of nitrogens with zero attached hydrogens (tertiary/aromatic N) is 1. The number of hydrogen-bond acceptors (Lipinski definition) is 7. The molecule has 0 saturated carbocycles. The van der Waals surface area contributed by atoms with Crippen molar-refractivity contribution in [3.8, 4) is 17.2 Å². The molecule has 0 aliphatic heterocycles. The Labute approximate surface area is 208 Å². The molecule has 3 N–H and O–H groups in total. The molecule has 36 heavy (non-hydrogen) atoms. The summed E-state index contributed by atoms with van der Waals surface area (Å²) in [6, 6.07) is 21.3. The zero-order valence-electron chi connectivity index (χ0n) is 20.2. The third kappa shape index (κ3) is 4.93. The third-order valence-corrected chi connectivity index (χ3v) is 5.81. The molecule has 0 aliphatic rings. The second kappa shape index (κ2) is 10.4. The molecule has 8 nitrogen and oxygen atoms in total. The quantitative estimate of drug-likeness (QED) is 0.231. The number of phenolic OH excluding ortho intramolecular Hbond substituents is 1. The summed E-state index contributed by atoms with van der Waals surface area (Å²) in [7, 11) is 3.15. The fourth-order valence-electron chi connectivity index (χ4n) is 3.86. The average molecular weight is 486 g/mol. The number of phenols is 1. The zero-order valence-corrected chi connectivity index (χ0v) is 20.2. The monoisotopic (exact) mass is 485 g/mol. The number of anilines is 3. The summed E-state index contributed by atoms with van der Waals surface area (Å²) in [6.07, 6.45) is 0.630. The number of aromatic hydroxyl groups is 1. The van der Waals surface area contributed by atoms with Gasteiger partial charge in [0.25, 0.3) is 16.8 Å². The molecule has 4 rings (SSSR count). The number of hydrogen-bond donors (Lipinski definition) is 3. The average Bonchev–Trinajstić information content (AvgIpc) is 2.89. The molecule has 1 unspecified atom stereocenters. The van der Waals surface area contributed by atoms with Crippen molar-refractivity contribution in [3.63, 3.8) is 0 Å². The van der Waals surface area contributed by atoms with Crippen LogP contribution < -0.4 is 26.2 Å². The molecule has 1 atom stereocenters. The van der Waals surface area contributed by atoms with Crippen LogP contribution in [0.3, 0.4) is 0 Å². The number of benzene rings is 3. The van der Waals surface area contributed by atoms with Gasteiger partial charge in [-0.3, -0.25) is 14.4 Å². The standard InChI is InChI=1S/C28H27N3O5/c1-4-21(17-10-8-13-19(16-17)36-18-11-6-5-7-12-18)29-23-24(27(34)26(23)33)30-22-15-9-14-20(25(22)32)28(35)31(2)3/h5-16,21,29-30,32H,4H2,1-3H3. The normalized spacial score (nSPS) is 11.6. The van der Waals surface area contributed by atoms with Crippen molar-refractivity contribution in [2.24, 2.45) is 0 Å². The van der Waals surface area contributed by atoms with Gasteiger partial charge in [0.15, 0.2) is 5.75 Å². The Kier molecular flexibility index (Phi) is 7.05. The lowest BCUT2D eigenvalue weighted by molar-refractivity contribution is 0.0824. The molecule has 0 saturated heterocycles. The lowest BCUT2D eigenvalue weighted by Crippen LogP contribution is -2.37. The van der Waals surface area contributed by atoms with Gasteiger partial charge < -0.3 is 25.4 Å². The molecule has 8 heteroatoms. The van der Waals surface area contributed by atoms with E-state index in [9.17, 15) is 19.5 Å². The molecule has 0 fully saturated rings. The number of para-hydroxylation sites is 2. The summed E-state index contributed by atoms with van der Waals surface area (Å²) >= 11 is 0. The molecule has 1 amide bonds. The molecule has 0 radical (unpaired) electrons. The third-order valence-electron chi connectivity index (χ3n) is 5.81. The van der Waals surface area contributed by atoms with E-state index >= 15 is 0 Å². The van der Waals surface area contributed by atoms with Crippen LogP contribution in [0.4, 0.5) is 17.1 Å². The minimum absolute atomic E-state index is 0.0416. The number of carbonyl (C=O) groups excluding carboxylic acids is 1. The Balaban J connectivity index is 1.57. The molecule has 0 heterocycles. The summed E-state index contributed by atoms with van der Waals surface area (Å²) in [5.74, 6) is 0.671. The predicted octanol–water partition coefficient (Wildman–Crippen LogP) is 4.79. The maximum atomic E-state index is 12.4. The van der Waals surface area contributed by atoms with Crippen molar-refractivity contribution in [1.29, 1.82) is 0 Å². The van der Waals surface area contributed by atoms with E-state index in [2.05, 4.69) is 10.6 Å². The molecule has 0 bridgehead atoms. The Hall–Kier alpha value is -4.59. The van der Waals surface area contributed by atoms with E-state index < -0.39 is 10.9 Å². The van der Waals surface area contributed by atoms with Crippen LogP contribution >= 0.6 is 0 Å². The highest BCUT2D eigenvalue weighted by molar-refractivity contribution is 5.99. The summed E-state index contributed by atoms with van der Waals surface area (Å²) in [5.41, 5.74) is -0.0508. The van der Waals surface area contributed by atoms with Gasteiger partial charge >= 0.3 is 0 Å². The highest BCUT2D eigenvalue weighted by Crippen LogP contribution is 2.34. The van der Waals surface area contributed by atoms with Gasteiger partial charge in [-0.05, 0) is 48.4 Å². The van der Waals surface area contributed by atoms with Gasteiger partial charge in [0, 0.05) is 14.1 Å². The number of rotatable bonds is 9.